The molecule has 0 saturated carbocycles. The van der Waals surface area contributed by atoms with E-state index < -0.39 is 6.10 Å². The van der Waals surface area contributed by atoms with Crippen LogP contribution in [0.3, 0.4) is 0 Å². The van der Waals surface area contributed by atoms with Crippen LogP contribution in [0.2, 0.25) is 0 Å². The highest BCUT2D eigenvalue weighted by Gasteiger charge is 2.22. The van der Waals surface area contributed by atoms with Gasteiger partial charge in [0.15, 0.2) is 6.10 Å². The highest BCUT2D eigenvalue weighted by Crippen LogP contribution is 2.31. The number of aryl methyl sites for hydroxylation is 1. The standard InChI is InChI=1S/C14H13BrN2O2/c1-2-17-13(10(15)8-16-17)14(18)12-7-9-5-3-4-6-11(9)19-12/h3-8,14,18H,2H2,1H3. The Labute approximate surface area is 118 Å². The van der Waals surface area contributed by atoms with Crippen LogP contribution in [0.1, 0.15) is 24.5 Å². The lowest BCUT2D eigenvalue weighted by molar-refractivity contribution is 0.180. The number of aromatic nitrogens is 2. The number of rotatable bonds is 3. The van der Waals surface area contributed by atoms with E-state index in [1.165, 1.54) is 0 Å². The minimum Gasteiger partial charge on any atom is -0.458 e. The van der Waals surface area contributed by atoms with Gasteiger partial charge < -0.3 is 9.52 Å². The second-order valence-corrected chi connectivity index (χ2v) is 5.14. The van der Waals surface area contributed by atoms with Crippen molar-refractivity contribution < 1.29 is 9.52 Å². The zero-order valence-electron chi connectivity index (χ0n) is 10.4. The van der Waals surface area contributed by atoms with Gasteiger partial charge in [0.1, 0.15) is 11.3 Å². The SMILES string of the molecule is CCn1ncc(Br)c1C(O)c1cc2ccccc2o1. The summed E-state index contributed by atoms with van der Waals surface area (Å²) < 4.78 is 8.23. The molecule has 3 rings (SSSR count). The van der Waals surface area contributed by atoms with Crippen LogP contribution < -0.4 is 0 Å². The van der Waals surface area contributed by atoms with E-state index in [-0.39, 0.29) is 0 Å². The van der Waals surface area contributed by atoms with Gasteiger partial charge in [-0.1, -0.05) is 18.2 Å². The molecule has 19 heavy (non-hydrogen) atoms. The van der Waals surface area contributed by atoms with Crippen molar-refractivity contribution in [3.05, 3.63) is 52.5 Å². The predicted octanol–water partition coefficient (Wildman–Crippen LogP) is 3.49. The molecule has 0 radical (unpaired) electrons. The highest BCUT2D eigenvalue weighted by molar-refractivity contribution is 9.10. The first-order valence-electron chi connectivity index (χ1n) is 6.08. The Bertz CT molecular complexity index is 684. The zero-order chi connectivity index (χ0) is 13.4. The fourth-order valence-corrected chi connectivity index (χ4v) is 2.68. The highest BCUT2D eigenvalue weighted by atomic mass is 79.9. The molecule has 0 bridgehead atoms. The number of hydrogen-bond donors (Lipinski definition) is 1. The molecule has 4 nitrogen and oxygen atoms in total. The Balaban J connectivity index is 2.07. The van der Waals surface area contributed by atoms with Gasteiger partial charge >= 0.3 is 0 Å². The maximum absolute atomic E-state index is 10.5. The summed E-state index contributed by atoms with van der Waals surface area (Å²) in [6, 6.07) is 9.56. The van der Waals surface area contributed by atoms with Crippen molar-refractivity contribution in [2.45, 2.75) is 19.6 Å². The number of hydrogen-bond acceptors (Lipinski definition) is 3. The van der Waals surface area contributed by atoms with Crippen molar-refractivity contribution in [1.82, 2.24) is 9.78 Å². The van der Waals surface area contributed by atoms with Crippen LogP contribution in [0.5, 0.6) is 0 Å². The molecular weight excluding hydrogens is 308 g/mol. The number of aliphatic hydroxyl groups is 1. The molecule has 0 spiro atoms. The van der Waals surface area contributed by atoms with E-state index >= 15 is 0 Å². The number of furan rings is 1. The van der Waals surface area contributed by atoms with Gasteiger partial charge in [0.05, 0.1) is 16.4 Å². The van der Waals surface area contributed by atoms with Crippen molar-refractivity contribution in [2.75, 3.05) is 0 Å². The van der Waals surface area contributed by atoms with E-state index in [0.717, 1.165) is 15.4 Å². The molecule has 0 aliphatic carbocycles. The molecule has 2 aromatic heterocycles. The van der Waals surface area contributed by atoms with E-state index in [1.54, 1.807) is 10.9 Å². The molecule has 5 heteroatoms. The van der Waals surface area contributed by atoms with Gasteiger partial charge in [-0.05, 0) is 35.0 Å². The first kappa shape index (κ1) is 12.4. The normalized spacial score (nSPS) is 13.0. The molecule has 1 N–H and O–H groups in total. The summed E-state index contributed by atoms with van der Waals surface area (Å²) in [7, 11) is 0. The Morgan fingerprint density at radius 2 is 2.21 bits per heavy atom. The molecule has 0 amide bonds. The number of benzene rings is 1. The molecule has 1 unspecified atom stereocenters. The van der Waals surface area contributed by atoms with E-state index in [0.29, 0.717) is 18.0 Å². The van der Waals surface area contributed by atoms with E-state index in [1.807, 2.05) is 37.3 Å². The third-order valence-electron chi connectivity index (χ3n) is 3.11. The summed E-state index contributed by atoms with van der Waals surface area (Å²) in [5.74, 6) is 0.525. The first-order valence-corrected chi connectivity index (χ1v) is 6.87. The van der Waals surface area contributed by atoms with Crippen molar-refractivity contribution in [1.29, 1.82) is 0 Å². The topological polar surface area (TPSA) is 51.2 Å². The number of halogens is 1. The molecule has 98 valence electrons. The van der Waals surface area contributed by atoms with Crippen molar-refractivity contribution in [3.8, 4) is 0 Å². The third kappa shape index (κ3) is 2.09. The number of nitrogens with zero attached hydrogens (tertiary/aromatic N) is 2. The fraction of sp³-hybridized carbons (Fsp3) is 0.214. The number of aliphatic hydroxyl groups excluding tert-OH is 1. The van der Waals surface area contributed by atoms with Crippen LogP contribution in [0, 0.1) is 0 Å². The minimum atomic E-state index is -0.829. The maximum Gasteiger partial charge on any atom is 0.154 e. The summed E-state index contributed by atoms with van der Waals surface area (Å²) >= 11 is 3.41. The van der Waals surface area contributed by atoms with Gasteiger partial charge in [-0.3, -0.25) is 4.68 Å². The van der Waals surface area contributed by atoms with Crippen molar-refractivity contribution >= 4 is 26.9 Å². The quantitative estimate of drug-likeness (QED) is 0.803. The molecule has 0 saturated heterocycles. The lowest BCUT2D eigenvalue weighted by atomic mass is 10.2. The molecule has 0 aliphatic rings. The van der Waals surface area contributed by atoms with E-state index in [4.69, 9.17) is 4.42 Å². The lowest BCUT2D eigenvalue weighted by Gasteiger charge is -2.10. The predicted molar refractivity (Wildman–Crippen MR) is 75.9 cm³/mol. The molecule has 1 atom stereocenters. The lowest BCUT2D eigenvalue weighted by Crippen LogP contribution is -2.09. The summed E-state index contributed by atoms with van der Waals surface area (Å²) in [6.07, 6.45) is 0.856. The van der Waals surface area contributed by atoms with Gasteiger partial charge in [-0.15, -0.1) is 0 Å². The Morgan fingerprint density at radius 1 is 1.42 bits per heavy atom. The summed E-state index contributed by atoms with van der Waals surface area (Å²) in [4.78, 5) is 0. The van der Waals surface area contributed by atoms with Crippen LogP contribution in [-0.4, -0.2) is 14.9 Å². The van der Waals surface area contributed by atoms with E-state index in [9.17, 15) is 5.11 Å². The second kappa shape index (κ2) is 4.83. The van der Waals surface area contributed by atoms with Crippen LogP contribution in [0.25, 0.3) is 11.0 Å². The second-order valence-electron chi connectivity index (χ2n) is 4.28. The zero-order valence-corrected chi connectivity index (χ0v) is 12.0. The first-order chi connectivity index (χ1) is 9.20. The number of para-hydroxylation sites is 1. The average Bonchev–Trinajstić information content (AvgIpc) is 3.01. The van der Waals surface area contributed by atoms with Gasteiger partial charge in [-0.2, -0.15) is 5.10 Å². The van der Waals surface area contributed by atoms with Crippen molar-refractivity contribution in [2.24, 2.45) is 0 Å². The fourth-order valence-electron chi connectivity index (χ4n) is 2.17. The maximum atomic E-state index is 10.5. The largest absolute Gasteiger partial charge is 0.458 e. The van der Waals surface area contributed by atoms with Gasteiger partial charge in [-0.25, -0.2) is 0 Å². The van der Waals surface area contributed by atoms with Gasteiger partial charge in [0.2, 0.25) is 0 Å². The molecule has 2 heterocycles. The van der Waals surface area contributed by atoms with Gasteiger partial charge in [0.25, 0.3) is 0 Å². The van der Waals surface area contributed by atoms with Crippen LogP contribution in [-0.2, 0) is 6.54 Å². The molecule has 3 aromatic rings. The Morgan fingerprint density at radius 3 is 2.95 bits per heavy atom. The van der Waals surface area contributed by atoms with Crippen LogP contribution in [0.4, 0.5) is 0 Å². The third-order valence-corrected chi connectivity index (χ3v) is 3.72. The molecular formula is C14H13BrN2O2. The summed E-state index contributed by atoms with van der Waals surface area (Å²) in [6.45, 7) is 2.67. The number of fused-ring (bicyclic) bond motifs is 1. The molecule has 0 fully saturated rings. The Hall–Kier alpha value is -1.59. The van der Waals surface area contributed by atoms with Gasteiger partial charge in [0, 0.05) is 11.9 Å². The summed E-state index contributed by atoms with van der Waals surface area (Å²) in [5, 5.41) is 15.7. The van der Waals surface area contributed by atoms with Crippen molar-refractivity contribution in [3.63, 3.8) is 0 Å². The Kier molecular flexibility index (Phi) is 3.16. The molecule has 0 aliphatic heterocycles. The van der Waals surface area contributed by atoms with Crippen LogP contribution in [0.15, 0.2) is 45.4 Å². The summed E-state index contributed by atoms with van der Waals surface area (Å²) in [5.41, 5.74) is 1.48. The monoisotopic (exact) mass is 320 g/mol. The van der Waals surface area contributed by atoms with E-state index in [2.05, 4.69) is 21.0 Å². The minimum absolute atomic E-state index is 0.525. The molecule has 1 aromatic carbocycles. The smallest absolute Gasteiger partial charge is 0.154 e. The van der Waals surface area contributed by atoms with Crippen LogP contribution >= 0.6 is 15.9 Å². The average molecular weight is 321 g/mol.